The molecule has 0 aliphatic rings. The Morgan fingerprint density at radius 2 is 1.51 bits per heavy atom. The molecule has 0 radical (unpaired) electrons. The summed E-state index contributed by atoms with van der Waals surface area (Å²) in [5.41, 5.74) is 9.82. The lowest BCUT2D eigenvalue weighted by Crippen LogP contribution is -2.52. The second-order valence-corrected chi connectivity index (χ2v) is 13.0. The van der Waals surface area contributed by atoms with Crippen LogP contribution in [0.1, 0.15) is 64.5 Å². The van der Waals surface area contributed by atoms with Crippen LogP contribution in [0.2, 0.25) is 0 Å². The van der Waals surface area contributed by atoms with Crippen LogP contribution in [0.3, 0.4) is 0 Å². The minimum atomic E-state index is -0.695. The van der Waals surface area contributed by atoms with Gasteiger partial charge in [-0.3, -0.25) is 9.59 Å². The van der Waals surface area contributed by atoms with Gasteiger partial charge in [-0.05, 0) is 71.7 Å². The zero-order chi connectivity index (χ0) is 35.8. The molecule has 8 nitrogen and oxygen atoms in total. The Bertz CT molecular complexity index is 1440. The van der Waals surface area contributed by atoms with Gasteiger partial charge in [-0.2, -0.15) is 0 Å². The van der Waals surface area contributed by atoms with Gasteiger partial charge in [-0.15, -0.1) is 0 Å². The van der Waals surface area contributed by atoms with Crippen LogP contribution in [-0.2, 0) is 32.2 Å². The molecule has 0 bridgehead atoms. The summed E-state index contributed by atoms with van der Waals surface area (Å²) in [5.74, 6) is -0.785. The number of rotatable bonds is 21. The third-order valence-electron chi connectivity index (χ3n) is 8.72. The topological polar surface area (TPSA) is 112 Å². The first-order valence-corrected chi connectivity index (χ1v) is 17.2. The molecule has 0 saturated heterocycles. The molecule has 3 aromatic rings. The van der Waals surface area contributed by atoms with E-state index in [0.717, 1.165) is 28.7 Å². The summed E-state index contributed by atoms with van der Waals surface area (Å²) in [6, 6.07) is 17.1. The molecule has 0 spiro atoms. The number of hydrogen-bond donors (Lipinski definition) is 3. The molecule has 0 saturated carbocycles. The second kappa shape index (κ2) is 20.6. The Morgan fingerprint density at radius 1 is 0.857 bits per heavy atom. The summed E-state index contributed by atoms with van der Waals surface area (Å²) in [6.07, 6.45) is 2.55. The van der Waals surface area contributed by atoms with E-state index in [1.54, 1.807) is 31.4 Å². The summed E-state index contributed by atoms with van der Waals surface area (Å²) < 4.78 is 44.0. The summed E-state index contributed by atoms with van der Waals surface area (Å²) in [5, 5.41) is 5.89. The molecule has 4 atom stereocenters. The van der Waals surface area contributed by atoms with Gasteiger partial charge < -0.3 is 30.6 Å². The number of nitrogens with one attached hydrogen (secondary N) is 2. The van der Waals surface area contributed by atoms with Crippen molar-refractivity contribution in [1.29, 1.82) is 0 Å². The van der Waals surface area contributed by atoms with Gasteiger partial charge in [0.1, 0.15) is 23.4 Å². The molecule has 0 aliphatic carbocycles. The number of nitrogens with two attached hydrogens (primary N) is 1. The van der Waals surface area contributed by atoms with E-state index in [1.165, 1.54) is 24.3 Å². The van der Waals surface area contributed by atoms with Gasteiger partial charge in [-0.25, -0.2) is 8.78 Å². The largest absolute Gasteiger partial charge is 0.493 e. The lowest BCUT2D eigenvalue weighted by molar-refractivity contribution is -0.133. The van der Waals surface area contributed by atoms with Crippen molar-refractivity contribution >= 4 is 11.8 Å². The van der Waals surface area contributed by atoms with E-state index in [4.69, 9.17) is 19.9 Å². The molecule has 268 valence electrons. The van der Waals surface area contributed by atoms with E-state index in [9.17, 15) is 18.4 Å². The number of carbonyl (C=O) groups is 2. The number of halogens is 2. The van der Waals surface area contributed by atoms with Crippen LogP contribution in [0.15, 0.2) is 66.7 Å². The van der Waals surface area contributed by atoms with Crippen molar-refractivity contribution in [3.63, 3.8) is 0 Å². The van der Waals surface area contributed by atoms with Crippen molar-refractivity contribution in [3.8, 4) is 16.9 Å². The number of methoxy groups -OCH3 is 1. The fourth-order valence-electron chi connectivity index (χ4n) is 5.47. The van der Waals surface area contributed by atoms with Gasteiger partial charge in [0.05, 0.1) is 19.8 Å². The van der Waals surface area contributed by atoms with Crippen LogP contribution >= 0.6 is 0 Å². The lowest BCUT2D eigenvalue weighted by atomic mass is 9.88. The SMILES string of the molecule is CC[C@H](C)C(NC(=O)[C@@H](CCC(N)COCc1ccc(-c2ccc(F)cc2)c(OCCCOC)c1)C(C)C)C(=O)NCc1ccc(F)cc1. The van der Waals surface area contributed by atoms with Crippen molar-refractivity contribution in [2.45, 2.75) is 78.6 Å². The molecule has 3 aromatic carbocycles. The number of hydrogen-bond acceptors (Lipinski definition) is 6. The van der Waals surface area contributed by atoms with Crippen LogP contribution in [-0.4, -0.2) is 50.8 Å². The van der Waals surface area contributed by atoms with E-state index in [1.807, 2.05) is 45.9 Å². The molecule has 3 rings (SSSR count). The first-order valence-electron chi connectivity index (χ1n) is 17.2. The zero-order valence-electron chi connectivity index (χ0n) is 29.5. The van der Waals surface area contributed by atoms with E-state index in [2.05, 4.69) is 10.6 Å². The van der Waals surface area contributed by atoms with E-state index in [0.29, 0.717) is 51.4 Å². The maximum absolute atomic E-state index is 13.5. The number of ether oxygens (including phenoxy) is 3. The average molecular weight is 682 g/mol. The van der Waals surface area contributed by atoms with Crippen molar-refractivity contribution < 1.29 is 32.6 Å². The minimum absolute atomic E-state index is 0.0370. The Kier molecular flexibility index (Phi) is 16.6. The molecule has 4 N–H and O–H groups in total. The molecule has 0 fully saturated rings. The highest BCUT2D eigenvalue weighted by molar-refractivity contribution is 5.88. The fourth-order valence-corrected chi connectivity index (χ4v) is 5.47. The predicted molar refractivity (Wildman–Crippen MR) is 189 cm³/mol. The van der Waals surface area contributed by atoms with Crippen molar-refractivity contribution in [2.24, 2.45) is 23.5 Å². The third kappa shape index (κ3) is 13.2. The number of benzene rings is 3. The maximum atomic E-state index is 13.5. The highest BCUT2D eigenvalue weighted by Crippen LogP contribution is 2.32. The normalized spacial score (nSPS) is 13.8. The predicted octanol–water partition coefficient (Wildman–Crippen LogP) is 6.79. The standard InChI is InChI=1S/C39H53F2N3O5/c1-6-27(4)37(39(46)43-23-28-8-13-31(40)14-9-28)44-38(45)34(26(2)3)19-17-33(42)25-48-24-29-10-18-35(30-11-15-32(41)16-12-30)36(22-29)49-21-7-20-47-5/h8-16,18,22,26-27,33-34,37H,6-7,17,19-21,23-25,42H2,1-5H3,(H,43,46)(H,44,45)/t27-,33?,34-,37?/m0/s1. The molecular weight excluding hydrogens is 628 g/mol. The Balaban J connectivity index is 1.54. The van der Waals surface area contributed by atoms with Crippen LogP contribution in [0, 0.1) is 29.4 Å². The Morgan fingerprint density at radius 3 is 2.14 bits per heavy atom. The van der Waals surface area contributed by atoms with Gasteiger partial charge in [0, 0.05) is 44.2 Å². The second-order valence-electron chi connectivity index (χ2n) is 13.0. The number of carbonyl (C=O) groups excluding carboxylic acids is 2. The van der Waals surface area contributed by atoms with Gasteiger partial charge in [-0.1, -0.05) is 70.5 Å². The van der Waals surface area contributed by atoms with Gasteiger partial charge in [0.25, 0.3) is 0 Å². The molecule has 49 heavy (non-hydrogen) atoms. The van der Waals surface area contributed by atoms with Crippen molar-refractivity contribution in [3.05, 3.63) is 89.5 Å². The van der Waals surface area contributed by atoms with E-state index < -0.39 is 6.04 Å². The highest BCUT2D eigenvalue weighted by Gasteiger charge is 2.30. The summed E-state index contributed by atoms with van der Waals surface area (Å²) in [6.45, 7) is 9.82. The van der Waals surface area contributed by atoms with Crippen LogP contribution in [0.4, 0.5) is 8.78 Å². The summed E-state index contributed by atoms with van der Waals surface area (Å²) in [4.78, 5) is 26.6. The van der Waals surface area contributed by atoms with Crippen LogP contribution in [0.25, 0.3) is 11.1 Å². The van der Waals surface area contributed by atoms with Crippen molar-refractivity contribution in [1.82, 2.24) is 10.6 Å². The molecule has 10 heteroatoms. The van der Waals surface area contributed by atoms with Gasteiger partial charge in [0.2, 0.25) is 11.8 Å². The van der Waals surface area contributed by atoms with Gasteiger partial charge in [0.15, 0.2) is 0 Å². The molecule has 0 heterocycles. The molecule has 0 aromatic heterocycles. The fraction of sp³-hybridized carbons (Fsp3) is 0.487. The lowest BCUT2D eigenvalue weighted by Gasteiger charge is -2.28. The quantitative estimate of drug-likeness (QED) is 0.107. The van der Waals surface area contributed by atoms with Gasteiger partial charge >= 0.3 is 0 Å². The van der Waals surface area contributed by atoms with Crippen LogP contribution in [0.5, 0.6) is 5.75 Å². The first-order chi connectivity index (χ1) is 23.5. The minimum Gasteiger partial charge on any atom is -0.493 e. The number of amides is 2. The smallest absolute Gasteiger partial charge is 0.243 e. The first kappa shape index (κ1) is 39.6. The third-order valence-corrected chi connectivity index (χ3v) is 8.72. The molecule has 2 amide bonds. The summed E-state index contributed by atoms with van der Waals surface area (Å²) in [7, 11) is 1.65. The maximum Gasteiger partial charge on any atom is 0.243 e. The molecular formula is C39H53F2N3O5. The monoisotopic (exact) mass is 681 g/mol. The Hall–Kier alpha value is -3.86. The average Bonchev–Trinajstić information content (AvgIpc) is 3.09. The van der Waals surface area contributed by atoms with Crippen molar-refractivity contribution in [2.75, 3.05) is 26.9 Å². The van der Waals surface area contributed by atoms with Crippen LogP contribution < -0.4 is 21.1 Å². The Labute approximate surface area is 290 Å². The van der Waals surface area contributed by atoms with E-state index in [-0.39, 0.29) is 53.8 Å². The molecule has 0 aliphatic heterocycles. The zero-order valence-corrected chi connectivity index (χ0v) is 29.5. The molecule has 2 unspecified atom stereocenters. The van der Waals surface area contributed by atoms with E-state index >= 15 is 0 Å². The highest BCUT2D eigenvalue weighted by atomic mass is 19.1. The summed E-state index contributed by atoms with van der Waals surface area (Å²) >= 11 is 0.